The Morgan fingerprint density at radius 1 is 1.22 bits per heavy atom. The van der Waals surface area contributed by atoms with Gasteiger partial charge in [0, 0.05) is 30.5 Å². The molecule has 2 rings (SSSR count). The highest BCUT2D eigenvalue weighted by Gasteiger charge is 2.00. The maximum atomic E-state index is 11.7. The van der Waals surface area contributed by atoms with Crippen LogP contribution >= 0.6 is 11.6 Å². The number of carbonyl (C=O) groups excluding carboxylic acids is 1. The maximum Gasteiger partial charge on any atom is 0.259 e. The Morgan fingerprint density at radius 3 is 2.61 bits per heavy atom. The van der Waals surface area contributed by atoms with E-state index in [9.17, 15) is 4.79 Å². The molecule has 0 atom stereocenters. The average Bonchev–Trinajstić information content (AvgIpc) is 2.53. The molecule has 0 aromatic heterocycles. The molecule has 0 bridgehead atoms. The molecule has 6 heteroatoms. The number of amides is 1. The third kappa shape index (κ3) is 5.64. The van der Waals surface area contributed by atoms with Crippen LogP contribution in [0, 0.1) is 0 Å². The first-order valence-electron chi connectivity index (χ1n) is 7.13. The van der Waals surface area contributed by atoms with Crippen LogP contribution in [0.15, 0.2) is 53.6 Å². The Morgan fingerprint density at radius 2 is 1.96 bits per heavy atom. The van der Waals surface area contributed by atoms with E-state index in [-0.39, 0.29) is 12.5 Å². The van der Waals surface area contributed by atoms with E-state index in [1.165, 1.54) is 0 Å². The first-order valence-corrected chi connectivity index (χ1v) is 7.51. The molecule has 23 heavy (non-hydrogen) atoms. The van der Waals surface area contributed by atoms with Gasteiger partial charge in [-0.1, -0.05) is 29.8 Å². The highest BCUT2D eigenvalue weighted by Crippen LogP contribution is 2.14. The summed E-state index contributed by atoms with van der Waals surface area (Å²) >= 11 is 5.88. The van der Waals surface area contributed by atoms with Crippen molar-refractivity contribution < 1.29 is 4.79 Å². The first-order chi connectivity index (χ1) is 11.0. The number of benzene rings is 2. The second-order valence-electron chi connectivity index (χ2n) is 5.14. The van der Waals surface area contributed by atoms with Gasteiger partial charge in [0.25, 0.3) is 5.91 Å². The van der Waals surface area contributed by atoms with Gasteiger partial charge in [0.15, 0.2) is 0 Å². The van der Waals surface area contributed by atoms with Crippen molar-refractivity contribution in [1.82, 2.24) is 5.43 Å². The summed E-state index contributed by atoms with van der Waals surface area (Å²) in [6, 6.07) is 15.0. The monoisotopic (exact) mass is 330 g/mol. The fourth-order valence-corrected chi connectivity index (χ4v) is 2.05. The molecule has 2 aromatic carbocycles. The van der Waals surface area contributed by atoms with Crippen molar-refractivity contribution in [3.8, 4) is 0 Å². The van der Waals surface area contributed by atoms with Gasteiger partial charge in [-0.25, -0.2) is 5.43 Å². The molecule has 0 spiro atoms. The highest BCUT2D eigenvalue weighted by molar-refractivity contribution is 6.30. The molecule has 0 aliphatic carbocycles. The number of rotatable bonds is 6. The number of nitrogens with zero attached hydrogens (tertiary/aromatic N) is 2. The Kier molecular flexibility index (Phi) is 6.00. The summed E-state index contributed by atoms with van der Waals surface area (Å²) in [5.74, 6) is -0.230. The van der Waals surface area contributed by atoms with E-state index in [4.69, 9.17) is 11.6 Å². The van der Waals surface area contributed by atoms with Crippen molar-refractivity contribution in [3.63, 3.8) is 0 Å². The molecule has 0 fully saturated rings. The van der Waals surface area contributed by atoms with E-state index in [1.807, 2.05) is 55.4 Å². The van der Waals surface area contributed by atoms with Gasteiger partial charge in [-0.2, -0.15) is 5.10 Å². The Hall–Kier alpha value is -2.53. The quantitative estimate of drug-likeness (QED) is 0.632. The minimum atomic E-state index is -0.230. The second kappa shape index (κ2) is 8.19. The summed E-state index contributed by atoms with van der Waals surface area (Å²) in [4.78, 5) is 13.7. The van der Waals surface area contributed by atoms with Gasteiger partial charge >= 0.3 is 0 Å². The fourth-order valence-electron chi connectivity index (χ4n) is 1.86. The van der Waals surface area contributed by atoms with Crippen LogP contribution in [-0.2, 0) is 4.79 Å². The van der Waals surface area contributed by atoms with Gasteiger partial charge in [-0.3, -0.25) is 4.79 Å². The maximum absolute atomic E-state index is 11.7. The van der Waals surface area contributed by atoms with E-state index >= 15 is 0 Å². The van der Waals surface area contributed by atoms with Gasteiger partial charge in [-0.15, -0.1) is 0 Å². The normalized spacial score (nSPS) is 10.6. The predicted molar refractivity (Wildman–Crippen MR) is 96.4 cm³/mol. The Bertz CT molecular complexity index is 683. The summed E-state index contributed by atoms with van der Waals surface area (Å²) in [5.41, 5.74) is 5.29. The number of hydrazone groups is 1. The van der Waals surface area contributed by atoms with Crippen molar-refractivity contribution in [2.24, 2.45) is 5.10 Å². The summed E-state index contributed by atoms with van der Waals surface area (Å²) in [5, 5.41) is 7.54. The second-order valence-corrected chi connectivity index (χ2v) is 5.58. The molecular formula is C17H19ClN4O. The summed E-state index contributed by atoms with van der Waals surface area (Å²) < 4.78 is 0. The van der Waals surface area contributed by atoms with Crippen LogP contribution in [0.1, 0.15) is 5.56 Å². The van der Waals surface area contributed by atoms with Crippen molar-refractivity contribution in [2.75, 3.05) is 30.9 Å². The predicted octanol–water partition coefficient (Wildman–Crippen LogP) is 2.97. The zero-order chi connectivity index (χ0) is 16.7. The van der Waals surface area contributed by atoms with E-state index in [1.54, 1.807) is 18.3 Å². The Balaban J connectivity index is 1.79. The number of hydrogen-bond acceptors (Lipinski definition) is 4. The topological polar surface area (TPSA) is 56.7 Å². The minimum absolute atomic E-state index is 0.122. The minimum Gasteiger partial charge on any atom is -0.378 e. The number of hydrogen-bond donors (Lipinski definition) is 2. The Labute approximate surface area is 141 Å². The lowest BCUT2D eigenvalue weighted by Gasteiger charge is -2.11. The molecule has 0 aliphatic rings. The van der Waals surface area contributed by atoms with Crippen LogP contribution in [0.4, 0.5) is 11.4 Å². The third-order valence-electron chi connectivity index (χ3n) is 3.09. The molecule has 2 N–H and O–H groups in total. The zero-order valence-electron chi connectivity index (χ0n) is 13.1. The largest absolute Gasteiger partial charge is 0.378 e. The van der Waals surface area contributed by atoms with Crippen LogP contribution < -0.4 is 15.6 Å². The highest BCUT2D eigenvalue weighted by atomic mass is 35.5. The van der Waals surface area contributed by atoms with E-state index in [0.717, 1.165) is 16.9 Å². The lowest BCUT2D eigenvalue weighted by atomic mass is 10.2. The van der Waals surface area contributed by atoms with E-state index < -0.39 is 0 Å². The SMILES string of the molecule is CN(C)c1ccc(C=NNC(=O)CNc2cccc(Cl)c2)cc1. The lowest BCUT2D eigenvalue weighted by molar-refractivity contribution is -0.119. The molecule has 0 saturated heterocycles. The van der Waals surface area contributed by atoms with Crippen molar-refractivity contribution >= 4 is 35.1 Å². The van der Waals surface area contributed by atoms with Crippen molar-refractivity contribution in [3.05, 3.63) is 59.1 Å². The molecule has 0 saturated carbocycles. The third-order valence-corrected chi connectivity index (χ3v) is 3.33. The molecule has 2 aromatic rings. The number of nitrogens with one attached hydrogen (secondary N) is 2. The van der Waals surface area contributed by atoms with Crippen LogP contribution in [0.25, 0.3) is 0 Å². The molecule has 0 aliphatic heterocycles. The smallest absolute Gasteiger partial charge is 0.259 e. The summed E-state index contributed by atoms with van der Waals surface area (Å²) in [7, 11) is 3.96. The van der Waals surface area contributed by atoms with Gasteiger partial charge in [0.2, 0.25) is 0 Å². The number of halogens is 1. The molecule has 1 amide bonds. The molecule has 5 nitrogen and oxygen atoms in total. The van der Waals surface area contributed by atoms with Crippen molar-refractivity contribution in [1.29, 1.82) is 0 Å². The summed E-state index contributed by atoms with van der Waals surface area (Å²) in [6.07, 6.45) is 1.61. The molecule has 120 valence electrons. The average molecular weight is 331 g/mol. The summed E-state index contributed by atoms with van der Waals surface area (Å²) in [6.45, 7) is 0.122. The molecule has 0 unspecified atom stereocenters. The van der Waals surface area contributed by atoms with Gasteiger partial charge in [-0.05, 0) is 35.9 Å². The van der Waals surface area contributed by atoms with Crippen LogP contribution in [0.2, 0.25) is 5.02 Å². The van der Waals surface area contributed by atoms with E-state index in [0.29, 0.717) is 5.02 Å². The van der Waals surface area contributed by atoms with E-state index in [2.05, 4.69) is 15.8 Å². The number of anilines is 2. The fraction of sp³-hybridized carbons (Fsp3) is 0.176. The lowest BCUT2D eigenvalue weighted by Crippen LogP contribution is -2.25. The van der Waals surface area contributed by atoms with Crippen LogP contribution in [0.5, 0.6) is 0 Å². The first kappa shape index (κ1) is 16.8. The molecule has 0 heterocycles. The van der Waals surface area contributed by atoms with Crippen molar-refractivity contribution in [2.45, 2.75) is 0 Å². The molecular weight excluding hydrogens is 312 g/mol. The standard InChI is InChI=1S/C17H19ClN4O/c1-22(2)16-8-6-13(7-9-16)11-20-21-17(23)12-19-15-5-3-4-14(18)10-15/h3-11,19H,12H2,1-2H3,(H,21,23). The zero-order valence-corrected chi connectivity index (χ0v) is 13.8. The molecule has 0 radical (unpaired) electrons. The van der Waals surface area contributed by atoms with Gasteiger partial charge in [0.05, 0.1) is 12.8 Å². The van der Waals surface area contributed by atoms with Gasteiger partial charge in [0.1, 0.15) is 0 Å². The van der Waals surface area contributed by atoms with Gasteiger partial charge < -0.3 is 10.2 Å². The van der Waals surface area contributed by atoms with Crippen LogP contribution in [0.3, 0.4) is 0 Å². The number of carbonyl (C=O) groups is 1. The van der Waals surface area contributed by atoms with Crippen LogP contribution in [-0.4, -0.2) is 32.8 Å².